The number of nitriles is 1. The van der Waals surface area contributed by atoms with Crippen molar-refractivity contribution in [3.8, 4) is 17.7 Å². The zero-order valence-corrected chi connectivity index (χ0v) is 9.35. The molecule has 0 atom stereocenters. The fourth-order valence-electron chi connectivity index (χ4n) is 1.22. The molecule has 5 nitrogen and oxygen atoms in total. The summed E-state index contributed by atoms with van der Waals surface area (Å²) in [5, 5.41) is 9.29. The van der Waals surface area contributed by atoms with Crippen LogP contribution in [0.5, 0.6) is 11.6 Å². The van der Waals surface area contributed by atoms with E-state index in [0.29, 0.717) is 10.8 Å². The van der Waals surface area contributed by atoms with Crippen LogP contribution in [0.1, 0.15) is 5.56 Å². The number of hydrogen-bond acceptors (Lipinski definition) is 5. The maximum Gasteiger partial charge on any atom is 0.224 e. The number of anilines is 1. The Morgan fingerprint density at radius 1 is 1.35 bits per heavy atom. The summed E-state index contributed by atoms with van der Waals surface area (Å²) in [5.74, 6) is 0.692. The Morgan fingerprint density at radius 3 is 2.88 bits per heavy atom. The van der Waals surface area contributed by atoms with Gasteiger partial charge in [0.15, 0.2) is 0 Å². The van der Waals surface area contributed by atoms with Crippen molar-refractivity contribution in [1.82, 2.24) is 9.97 Å². The molecule has 0 bridgehead atoms. The van der Waals surface area contributed by atoms with E-state index in [-0.39, 0.29) is 17.4 Å². The largest absolute Gasteiger partial charge is 0.437 e. The van der Waals surface area contributed by atoms with Gasteiger partial charge in [-0.15, -0.1) is 0 Å². The van der Waals surface area contributed by atoms with Crippen molar-refractivity contribution in [3.05, 3.63) is 41.0 Å². The Kier molecular flexibility index (Phi) is 3.08. The third kappa shape index (κ3) is 2.44. The standard InChI is InChI=1S/C11H7ClN4O/c12-8-2-1-3-9(7(8)6-13)17-10-4-5-15-11(14)16-10/h1-5H,(H2,14,15,16). The molecule has 2 rings (SSSR count). The van der Waals surface area contributed by atoms with Crippen LogP contribution in [-0.2, 0) is 0 Å². The smallest absolute Gasteiger partial charge is 0.224 e. The van der Waals surface area contributed by atoms with Crippen LogP contribution in [0.2, 0.25) is 5.02 Å². The second-order valence-electron chi connectivity index (χ2n) is 3.08. The van der Waals surface area contributed by atoms with Crippen LogP contribution >= 0.6 is 11.6 Å². The monoisotopic (exact) mass is 246 g/mol. The molecule has 0 amide bonds. The lowest BCUT2D eigenvalue weighted by atomic mass is 10.2. The van der Waals surface area contributed by atoms with Gasteiger partial charge in [-0.3, -0.25) is 0 Å². The average molecular weight is 247 g/mol. The average Bonchev–Trinajstić information content (AvgIpc) is 2.29. The fourth-order valence-corrected chi connectivity index (χ4v) is 1.43. The number of hydrogen-bond donors (Lipinski definition) is 1. The normalized spacial score (nSPS) is 9.65. The third-order valence-corrected chi connectivity index (χ3v) is 2.27. The van der Waals surface area contributed by atoms with Gasteiger partial charge < -0.3 is 10.5 Å². The van der Waals surface area contributed by atoms with Gasteiger partial charge in [-0.2, -0.15) is 10.2 Å². The molecule has 2 aromatic rings. The van der Waals surface area contributed by atoms with Gasteiger partial charge in [0.25, 0.3) is 0 Å². The van der Waals surface area contributed by atoms with Crippen molar-refractivity contribution in [2.45, 2.75) is 0 Å². The molecule has 84 valence electrons. The van der Waals surface area contributed by atoms with E-state index in [1.165, 1.54) is 6.20 Å². The van der Waals surface area contributed by atoms with Crippen molar-refractivity contribution < 1.29 is 4.74 Å². The van der Waals surface area contributed by atoms with Gasteiger partial charge in [0, 0.05) is 12.3 Å². The first-order valence-corrected chi connectivity index (χ1v) is 5.03. The second-order valence-corrected chi connectivity index (χ2v) is 3.49. The van der Waals surface area contributed by atoms with Gasteiger partial charge in [0.1, 0.15) is 17.4 Å². The first kappa shape index (κ1) is 11.2. The number of nitrogens with zero attached hydrogens (tertiary/aromatic N) is 3. The first-order chi connectivity index (χ1) is 8.20. The molecule has 17 heavy (non-hydrogen) atoms. The van der Waals surface area contributed by atoms with Crippen molar-refractivity contribution in [3.63, 3.8) is 0 Å². The summed E-state index contributed by atoms with van der Waals surface area (Å²) in [6.07, 6.45) is 1.47. The Labute approximate surface area is 102 Å². The molecule has 0 fully saturated rings. The van der Waals surface area contributed by atoms with Crippen molar-refractivity contribution in [1.29, 1.82) is 5.26 Å². The predicted octanol–water partition coefficient (Wildman–Crippen LogP) is 2.38. The summed E-state index contributed by atoms with van der Waals surface area (Å²) in [6.45, 7) is 0. The zero-order valence-electron chi connectivity index (χ0n) is 8.59. The minimum absolute atomic E-state index is 0.100. The topological polar surface area (TPSA) is 84.8 Å². The highest BCUT2D eigenvalue weighted by molar-refractivity contribution is 6.31. The van der Waals surface area contributed by atoms with E-state index < -0.39 is 0 Å². The highest BCUT2D eigenvalue weighted by Gasteiger charge is 2.09. The predicted molar refractivity (Wildman–Crippen MR) is 62.7 cm³/mol. The summed E-state index contributed by atoms with van der Waals surface area (Å²) in [5.41, 5.74) is 5.68. The molecule has 0 aliphatic rings. The molecule has 0 aliphatic heterocycles. The summed E-state index contributed by atoms with van der Waals surface area (Å²) in [7, 11) is 0. The third-order valence-electron chi connectivity index (χ3n) is 1.95. The van der Waals surface area contributed by atoms with Crippen molar-refractivity contribution >= 4 is 17.5 Å². The van der Waals surface area contributed by atoms with Gasteiger partial charge in [-0.25, -0.2) is 4.98 Å². The summed E-state index contributed by atoms with van der Waals surface area (Å²) in [4.78, 5) is 7.60. The van der Waals surface area contributed by atoms with Crippen LogP contribution in [0.15, 0.2) is 30.5 Å². The van der Waals surface area contributed by atoms with Gasteiger partial charge in [-0.1, -0.05) is 17.7 Å². The summed E-state index contributed by atoms with van der Waals surface area (Å²) >= 11 is 5.87. The molecule has 1 aromatic heterocycles. The van der Waals surface area contributed by atoms with E-state index in [1.807, 2.05) is 6.07 Å². The van der Waals surface area contributed by atoms with E-state index in [0.717, 1.165) is 0 Å². The van der Waals surface area contributed by atoms with E-state index in [1.54, 1.807) is 24.3 Å². The van der Waals surface area contributed by atoms with E-state index in [4.69, 9.17) is 27.3 Å². The highest BCUT2D eigenvalue weighted by atomic mass is 35.5. The SMILES string of the molecule is N#Cc1c(Cl)cccc1Oc1ccnc(N)n1. The van der Waals surface area contributed by atoms with Crippen molar-refractivity contribution in [2.24, 2.45) is 0 Å². The van der Waals surface area contributed by atoms with Crippen LogP contribution < -0.4 is 10.5 Å². The summed E-state index contributed by atoms with van der Waals surface area (Å²) in [6, 6.07) is 8.43. The lowest BCUT2D eigenvalue weighted by Gasteiger charge is -2.07. The van der Waals surface area contributed by atoms with Crippen LogP contribution in [0.25, 0.3) is 0 Å². The molecule has 0 saturated carbocycles. The Bertz CT molecular complexity index is 594. The fraction of sp³-hybridized carbons (Fsp3) is 0. The van der Waals surface area contributed by atoms with E-state index >= 15 is 0 Å². The minimum atomic E-state index is 0.100. The molecule has 0 radical (unpaired) electrons. The van der Waals surface area contributed by atoms with Crippen LogP contribution in [0.4, 0.5) is 5.95 Å². The second kappa shape index (κ2) is 4.68. The Morgan fingerprint density at radius 2 is 2.18 bits per heavy atom. The van der Waals surface area contributed by atoms with E-state index in [9.17, 15) is 0 Å². The first-order valence-electron chi connectivity index (χ1n) is 4.65. The molecule has 2 N–H and O–H groups in total. The number of ether oxygens (including phenoxy) is 1. The molecular formula is C11H7ClN4O. The van der Waals surface area contributed by atoms with Crippen molar-refractivity contribution in [2.75, 3.05) is 5.73 Å². The minimum Gasteiger partial charge on any atom is -0.437 e. The quantitative estimate of drug-likeness (QED) is 0.879. The van der Waals surface area contributed by atoms with Gasteiger partial charge in [0.05, 0.1) is 5.02 Å². The molecule has 0 spiro atoms. The molecule has 0 saturated heterocycles. The number of aromatic nitrogens is 2. The number of nitrogen functional groups attached to an aromatic ring is 1. The van der Waals surface area contributed by atoms with Gasteiger partial charge >= 0.3 is 0 Å². The molecular weight excluding hydrogens is 240 g/mol. The highest BCUT2D eigenvalue weighted by Crippen LogP contribution is 2.28. The maximum atomic E-state index is 8.96. The van der Waals surface area contributed by atoms with Gasteiger partial charge in [0.2, 0.25) is 11.8 Å². The number of nitrogens with two attached hydrogens (primary N) is 1. The van der Waals surface area contributed by atoms with E-state index in [2.05, 4.69) is 9.97 Å². The molecule has 0 aliphatic carbocycles. The number of benzene rings is 1. The number of rotatable bonds is 2. The van der Waals surface area contributed by atoms with Crippen LogP contribution in [0.3, 0.4) is 0 Å². The Hall–Kier alpha value is -2.32. The lowest BCUT2D eigenvalue weighted by molar-refractivity contribution is 0.461. The summed E-state index contributed by atoms with van der Waals surface area (Å²) < 4.78 is 5.42. The molecule has 6 heteroatoms. The Balaban J connectivity index is 2.37. The zero-order chi connectivity index (χ0) is 12.3. The van der Waals surface area contributed by atoms with Crippen LogP contribution in [-0.4, -0.2) is 9.97 Å². The van der Waals surface area contributed by atoms with Gasteiger partial charge in [-0.05, 0) is 12.1 Å². The van der Waals surface area contributed by atoms with Crippen LogP contribution in [0, 0.1) is 11.3 Å². The maximum absolute atomic E-state index is 8.96. The molecule has 1 heterocycles. The molecule has 0 unspecified atom stereocenters. The molecule has 1 aromatic carbocycles. The lowest BCUT2D eigenvalue weighted by Crippen LogP contribution is -1.97. The number of halogens is 1.